The van der Waals surface area contributed by atoms with Crippen LogP contribution in [-0.4, -0.2) is 31.1 Å². The molecule has 0 bridgehead atoms. The highest BCUT2D eigenvalue weighted by Gasteiger charge is 2.45. The van der Waals surface area contributed by atoms with Gasteiger partial charge in [-0.3, -0.25) is 4.79 Å². The highest BCUT2D eigenvalue weighted by atomic mass is 35.5. The number of benzene rings is 1. The summed E-state index contributed by atoms with van der Waals surface area (Å²) in [5.41, 5.74) is 6.51. The second-order valence-corrected chi connectivity index (χ2v) is 5.18. The number of nitrogens with two attached hydrogens (primary N) is 1. The molecule has 1 aliphatic rings. The van der Waals surface area contributed by atoms with Crippen molar-refractivity contribution in [1.82, 2.24) is 5.32 Å². The van der Waals surface area contributed by atoms with Crippen LogP contribution in [-0.2, 0) is 4.79 Å². The fraction of sp³-hybridized carbons (Fsp3) is 0.533. The first-order chi connectivity index (χ1) is 9.15. The predicted molar refractivity (Wildman–Crippen MR) is 92.6 cm³/mol. The van der Waals surface area contributed by atoms with Crippen LogP contribution in [0.4, 0.5) is 5.69 Å². The first-order valence-electron chi connectivity index (χ1n) is 7.03. The van der Waals surface area contributed by atoms with E-state index in [0.29, 0.717) is 6.54 Å². The highest BCUT2D eigenvalue weighted by Crippen LogP contribution is 2.31. The molecule has 0 atom stereocenters. The predicted octanol–water partition coefficient (Wildman–Crippen LogP) is 2.35. The molecule has 120 valence electrons. The summed E-state index contributed by atoms with van der Waals surface area (Å²) in [6.07, 6.45) is 2.58. The second kappa shape index (κ2) is 9.13. The lowest BCUT2D eigenvalue weighted by atomic mass is 10.2. The Morgan fingerprint density at radius 1 is 1.29 bits per heavy atom. The zero-order chi connectivity index (χ0) is 13.7. The van der Waals surface area contributed by atoms with Crippen LogP contribution in [0.1, 0.15) is 26.2 Å². The summed E-state index contributed by atoms with van der Waals surface area (Å²) in [5, 5.41) is 2.93. The topological polar surface area (TPSA) is 58.4 Å². The summed E-state index contributed by atoms with van der Waals surface area (Å²) in [5.74, 6) is 0.00950. The molecule has 3 N–H and O–H groups in total. The third kappa shape index (κ3) is 5.73. The molecule has 2 rings (SSSR count). The van der Waals surface area contributed by atoms with Crippen molar-refractivity contribution in [3.8, 4) is 0 Å². The largest absolute Gasteiger partial charge is 0.372 e. The molecule has 4 nitrogen and oxygen atoms in total. The van der Waals surface area contributed by atoms with E-state index in [4.69, 9.17) is 5.73 Å². The minimum Gasteiger partial charge on any atom is -0.372 e. The van der Waals surface area contributed by atoms with E-state index in [1.807, 2.05) is 18.2 Å². The van der Waals surface area contributed by atoms with Crippen LogP contribution in [0.25, 0.3) is 0 Å². The number of para-hydroxylation sites is 1. The van der Waals surface area contributed by atoms with Gasteiger partial charge in [-0.2, -0.15) is 0 Å². The van der Waals surface area contributed by atoms with E-state index < -0.39 is 5.54 Å². The molecular formula is C15H25Cl2N3O. The zero-order valence-corrected chi connectivity index (χ0v) is 14.0. The Balaban J connectivity index is 0.00000200. The molecule has 0 aromatic heterocycles. The van der Waals surface area contributed by atoms with Gasteiger partial charge < -0.3 is 16.0 Å². The van der Waals surface area contributed by atoms with Crippen molar-refractivity contribution in [3.05, 3.63) is 30.3 Å². The molecule has 6 heteroatoms. The average molecular weight is 334 g/mol. The van der Waals surface area contributed by atoms with Gasteiger partial charge in [-0.1, -0.05) is 18.2 Å². The third-order valence-corrected chi connectivity index (χ3v) is 3.63. The van der Waals surface area contributed by atoms with Crippen molar-refractivity contribution < 1.29 is 4.79 Å². The van der Waals surface area contributed by atoms with E-state index in [0.717, 1.165) is 32.4 Å². The van der Waals surface area contributed by atoms with Gasteiger partial charge in [0.05, 0.1) is 5.54 Å². The molecule has 1 aromatic carbocycles. The molecule has 0 unspecified atom stereocenters. The Morgan fingerprint density at radius 2 is 1.90 bits per heavy atom. The summed E-state index contributed by atoms with van der Waals surface area (Å²) in [4.78, 5) is 14.0. The maximum Gasteiger partial charge on any atom is 0.240 e. The van der Waals surface area contributed by atoms with E-state index in [1.54, 1.807) is 0 Å². The molecule has 21 heavy (non-hydrogen) atoms. The van der Waals surface area contributed by atoms with E-state index in [9.17, 15) is 4.79 Å². The molecule has 0 saturated heterocycles. The lowest BCUT2D eigenvalue weighted by Crippen LogP contribution is -2.43. The summed E-state index contributed by atoms with van der Waals surface area (Å²) >= 11 is 0. The van der Waals surface area contributed by atoms with Crippen LogP contribution in [0.2, 0.25) is 0 Å². The number of hydrogen-bond acceptors (Lipinski definition) is 3. The molecule has 1 amide bonds. The van der Waals surface area contributed by atoms with Crippen molar-refractivity contribution in [2.45, 2.75) is 31.7 Å². The Morgan fingerprint density at radius 3 is 2.43 bits per heavy atom. The molecule has 0 heterocycles. The Bertz CT molecular complexity index is 424. The minimum absolute atomic E-state index is 0. The second-order valence-electron chi connectivity index (χ2n) is 5.18. The van der Waals surface area contributed by atoms with Crippen molar-refractivity contribution >= 4 is 36.4 Å². The lowest BCUT2D eigenvalue weighted by molar-refractivity contribution is -0.123. The van der Waals surface area contributed by atoms with E-state index >= 15 is 0 Å². The number of hydrogen-bond donors (Lipinski definition) is 2. The molecule has 0 spiro atoms. The third-order valence-electron chi connectivity index (χ3n) is 3.63. The minimum atomic E-state index is -0.552. The van der Waals surface area contributed by atoms with Crippen LogP contribution in [0.5, 0.6) is 0 Å². The van der Waals surface area contributed by atoms with Crippen LogP contribution >= 0.6 is 24.8 Å². The number of anilines is 1. The van der Waals surface area contributed by atoms with Crippen molar-refractivity contribution in [2.24, 2.45) is 5.73 Å². The number of carbonyl (C=O) groups excluding carboxylic acids is 1. The standard InChI is InChI=1S/C15H23N3O.2ClH/c1-2-18(13-7-4-3-5-8-13)12-6-11-17-14(19)15(16)9-10-15;;/h3-5,7-8H,2,6,9-12,16H2,1H3,(H,17,19);2*1H. The Labute approximate surface area is 139 Å². The first-order valence-corrected chi connectivity index (χ1v) is 7.03. The molecule has 1 aromatic rings. The zero-order valence-electron chi connectivity index (χ0n) is 12.4. The van der Waals surface area contributed by atoms with Gasteiger partial charge in [0, 0.05) is 25.3 Å². The maximum atomic E-state index is 11.7. The summed E-state index contributed by atoms with van der Waals surface area (Å²) < 4.78 is 0. The summed E-state index contributed by atoms with van der Waals surface area (Å²) in [7, 11) is 0. The van der Waals surface area contributed by atoms with Gasteiger partial charge in [-0.25, -0.2) is 0 Å². The van der Waals surface area contributed by atoms with Gasteiger partial charge >= 0.3 is 0 Å². The van der Waals surface area contributed by atoms with E-state index in [-0.39, 0.29) is 30.7 Å². The van der Waals surface area contributed by atoms with Gasteiger partial charge in [0.25, 0.3) is 0 Å². The first kappa shape index (κ1) is 20.0. The van der Waals surface area contributed by atoms with Gasteiger partial charge in [0.2, 0.25) is 5.91 Å². The number of rotatable bonds is 7. The van der Waals surface area contributed by atoms with Crippen molar-refractivity contribution in [1.29, 1.82) is 0 Å². The van der Waals surface area contributed by atoms with Gasteiger partial charge in [0.1, 0.15) is 0 Å². The number of nitrogens with zero attached hydrogens (tertiary/aromatic N) is 1. The fourth-order valence-corrected chi connectivity index (χ4v) is 2.12. The molecule has 1 fully saturated rings. The molecule has 1 aliphatic carbocycles. The highest BCUT2D eigenvalue weighted by molar-refractivity contribution is 5.88. The number of nitrogens with one attached hydrogen (secondary N) is 1. The monoisotopic (exact) mass is 333 g/mol. The van der Waals surface area contributed by atoms with Crippen LogP contribution in [0.3, 0.4) is 0 Å². The number of amides is 1. The van der Waals surface area contributed by atoms with Crippen LogP contribution in [0.15, 0.2) is 30.3 Å². The van der Waals surface area contributed by atoms with Crippen molar-refractivity contribution in [2.75, 3.05) is 24.5 Å². The van der Waals surface area contributed by atoms with Crippen LogP contribution in [0, 0.1) is 0 Å². The van der Waals surface area contributed by atoms with Gasteiger partial charge in [-0.05, 0) is 38.3 Å². The Hall–Kier alpha value is -0.970. The SMILES string of the molecule is CCN(CCCNC(=O)C1(N)CC1)c1ccccc1.Cl.Cl. The molecule has 1 saturated carbocycles. The Kier molecular flexibility index (Phi) is 8.71. The number of carbonyl (C=O) groups is 1. The van der Waals surface area contributed by atoms with Crippen molar-refractivity contribution in [3.63, 3.8) is 0 Å². The average Bonchev–Trinajstić information content (AvgIpc) is 3.19. The van der Waals surface area contributed by atoms with E-state index in [2.05, 4.69) is 29.3 Å². The smallest absolute Gasteiger partial charge is 0.240 e. The normalized spacial score (nSPS) is 14.4. The molecule has 0 radical (unpaired) electrons. The van der Waals surface area contributed by atoms with Crippen LogP contribution < -0.4 is 16.0 Å². The summed E-state index contributed by atoms with van der Waals surface area (Å²) in [6, 6.07) is 10.3. The summed E-state index contributed by atoms with van der Waals surface area (Å²) in [6.45, 7) is 4.75. The fourth-order valence-electron chi connectivity index (χ4n) is 2.12. The molecule has 0 aliphatic heterocycles. The lowest BCUT2D eigenvalue weighted by Gasteiger charge is -2.23. The van der Waals surface area contributed by atoms with Gasteiger partial charge in [-0.15, -0.1) is 24.8 Å². The molecular weight excluding hydrogens is 309 g/mol. The van der Waals surface area contributed by atoms with E-state index in [1.165, 1.54) is 5.69 Å². The maximum absolute atomic E-state index is 11.7. The quantitative estimate of drug-likeness (QED) is 0.753. The van der Waals surface area contributed by atoms with Gasteiger partial charge in [0.15, 0.2) is 0 Å². The number of halogens is 2.